The number of aromatic hydroxyl groups is 1. The van der Waals surface area contributed by atoms with Crippen LogP contribution < -0.4 is 54.0 Å². The third-order valence-corrected chi connectivity index (χ3v) is 9.90. The number of hydrogen-bond acceptors (Lipinski definition) is 16. The van der Waals surface area contributed by atoms with E-state index in [1.807, 2.05) is 0 Å². The fraction of sp³-hybridized carbons (Fsp3) is 0.444. The molecule has 0 spiro atoms. The van der Waals surface area contributed by atoms with Crippen LogP contribution >= 0.6 is 0 Å². The maximum Gasteiger partial charge on any atom is 0.246 e. The first-order valence-electron chi connectivity index (χ1n) is 18.4. The van der Waals surface area contributed by atoms with Crippen molar-refractivity contribution in [2.45, 2.75) is 73.8 Å². The molecule has 0 saturated carbocycles. The molecule has 0 aromatic heterocycles. The molecule has 16 N–H and O–H groups in total. The molecule has 22 heteroatoms. The molecular formula is C36H48N12O10. The number of carbonyl (C=O) groups excluding carboxylic acids is 6. The summed E-state index contributed by atoms with van der Waals surface area (Å²) >= 11 is 0. The van der Waals surface area contributed by atoms with Gasteiger partial charge in [0.2, 0.25) is 35.4 Å². The highest BCUT2D eigenvalue weighted by Crippen LogP contribution is 2.20. The average molecular weight is 809 g/mol. The number of nitrogens with zero attached hydrogens (tertiary/aromatic N) is 2. The van der Waals surface area contributed by atoms with E-state index < -0.39 is 109 Å². The fourth-order valence-corrected chi connectivity index (χ4v) is 6.58. The zero-order valence-corrected chi connectivity index (χ0v) is 31.3. The first-order valence-corrected chi connectivity index (χ1v) is 18.4. The molecule has 0 bridgehead atoms. The van der Waals surface area contributed by atoms with E-state index in [2.05, 4.69) is 52.5 Å². The molecule has 3 aliphatic heterocycles. The Bertz CT molecular complexity index is 1900. The molecule has 1 saturated heterocycles. The minimum absolute atomic E-state index is 0.0688. The Morgan fingerprint density at radius 3 is 1.71 bits per heavy atom. The number of nitrogens with two attached hydrogens (primary N) is 2. The van der Waals surface area contributed by atoms with Crippen LogP contribution in [0.2, 0.25) is 0 Å². The van der Waals surface area contributed by atoms with Crippen molar-refractivity contribution in [2.24, 2.45) is 21.5 Å². The van der Waals surface area contributed by atoms with Crippen molar-refractivity contribution in [3.8, 4) is 5.75 Å². The minimum Gasteiger partial charge on any atom is -0.508 e. The molecule has 2 aromatic rings. The summed E-state index contributed by atoms with van der Waals surface area (Å²) in [5.74, 6) is -7.08. The van der Waals surface area contributed by atoms with Gasteiger partial charge in [-0.3, -0.25) is 28.8 Å². The van der Waals surface area contributed by atoms with Crippen molar-refractivity contribution in [3.63, 3.8) is 0 Å². The van der Waals surface area contributed by atoms with Crippen molar-refractivity contribution in [3.05, 3.63) is 65.7 Å². The van der Waals surface area contributed by atoms with E-state index >= 15 is 0 Å². The lowest BCUT2D eigenvalue weighted by Gasteiger charge is -2.32. The molecule has 10 atom stereocenters. The standard InChI is InChI=1S/C36H48N12O10/c1-16(18-5-3-2-4-6-18)25-32(56)42-20(11-17-7-9-19(50)10-8-17)31(55)47-27(29(53)22-13-41-36(38)45-22)34(58)48-26(28(52)21-12-40-35(37)44-21)33(57)43-23(15-49)30(54)39-14-24(51)46-25/h2-10,16,20-23,25-29,49-50,52-53H,11-15H2,1H3,(H,39,54)(H,42,56)(H,43,57)(H,46,51)(H,47,55)(H,48,58)(H3,37,40,44)(H3,38,41,45)/t16-,20+,21-,22-,23-,25-,26+,27-,28+,29+/m0/s1. The number of aliphatic hydroxyl groups is 3. The van der Waals surface area contributed by atoms with Crippen LogP contribution in [0.5, 0.6) is 5.75 Å². The first-order chi connectivity index (χ1) is 27.6. The maximum absolute atomic E-state index is 14.3. The third kappa shape index (κ3) is 10.7. The second-order valence-corrected chi connectivity index (χ2v) is 14.0. The van der Waals surface area contributed by atoms with Crippen LogP contribution in [0.3, 0.4) is 0 Å². The van der Waals surface area contributed by atoms with E-state index in [9.17, 15) is 49.2 Å². The summed E-state index contributed by atoms with van der Waals surface area (Å²) in [5, 5.41) is 62.9. The Labute approximate surface area is 331 Å². The van der Waals surface area contributed by atoms with Crippen LogP contribution in [0, 0.1) is 0 Å². The van der Waals surface area contributed by atoms with Crippen LogP contribution in [0.4, 0.5) is 0 Å². The van der Waals surface area contributed by atoms with Gasteiger partial charge in [0.15, 0.2) is 11.9 Å². The lowest BCUT2D eigenvalue weighted by atomic mass is 9.92. The average Bonchev–Trinajstić information content (AvgIpc) is 3.86. The minimum atomic E-state index is -1.95. The number of rotatable bonds is 9. The van der Waals surface area contributed by atoms with Gasteiger partial charge in [-0.25, -0.2) is 9.98 Å². The highest BCUT2D eigenvalue weighted by molar-refractivity contribution is 5.98. The number of amides is 6. The van der Waals surface area contributed by atoms with Gasteiger partial charge in [-0.05, 0) is 23.3 Å². The molecule has 0 unspecified atom stereocenters. The van der Waals surface area contributed by atoms with Gasteiger partial charge in [0.25, 0.3) is 0 Å². The number of hydrogen-bond donors (Lipinski definition) is 14. The van der Waals surface area contributed by atoms with Crippen molar-refractivity contribution < 1.29 is 49.2 Å². The Balaban J connectivity index is 1.57. The number of phenolic OH excluding ortho intramolecular Hbond substituents is 1. The Morgan fingerprint density at radius 1 is 0.655 bits per heavy atom. The van der Waals surface area contributed by atoms with Crippen LogP contribution in [0.1, 0.15) is 24.0 Å². The molecule has 58 heavy (non-hydrogen) atoms. The largest absolute Gasteiger partial charge is 0.508 e. The molecule has 6 amide bonds. The van der Waals surface area contributed by atoms with Gasteiger partial charge in [0.05, 0.1) is 25.2 Å². The summed E-state index contributed by atoms with van der Waals surface area (Å²) in [5.41, 5.74) is 12.6. The van der Waals surface area contributed by atoms with Crippen LogP contribution in [-0.2, 0) is 35.2 Å². The van der Waals surface area contributed by atoms with Gasteiger partial charge in [0.1, 0.15) is 48.2 Å². The fourth-order valence-electron chi connectivity index (χ4n) is 6.58. The molecule has 312 valence electrons. The SMILES string of the molecule is C[C@@H](c1ccccc1)[C@@H]1NC(=O)CNC(=O)[C@H](CO)NC(=O)[C@@H]([C@H](O)[C@@H]2CNC(N)=N2)NC(=O)[C@H]([C@H](O)[C@@H]2CNC(N)=N2)NC(=O)[C@@H](Cc2ccc(O)cc2)NC1=O. The monoisotopic (exact) mass is 808 g/mol. The number of carbonyl (C=O) groups is 6. The number of aliphatic hydroxyl groups excluding tert-OH is 3. The van der Waals surface area contributed by atoms with E-state index in [4.69, 9.17) is 11.5 Å². The van der Waals surface area contributed by atoms with Gasteiger partial charge < -0.3 is 74.4 Å². The zero-order valence-electron chi connectivity index (χ0n) is 31.3. The second kappa shape index (κ2) is 19.1. The molecule has 3 aliphatic rings. The third-order valence-electron chi connectivity index (χ3n) is 9.90. The van der Waals surface area contributed by atoms with Crippen LogP contribution in [0.25, 0.3) is 0 Å². The first kappa shape index (κ1) is 42.6. The van der Waals surface area contributed by atoms with Crippen molar-refractivity contribution >= 4 is 47.4 Å². The number of nitrogens with one attached hydrogen (secondary N) is 8. The van der Waals surface area contributed by atoms with E-state index in [-0.39, 0.29) is 37.2 Å². The predicted octanol–water partition coefficient (Wildman–Crippen LogP) is -6.42. The van der Waals surface area contributed by atoms with Crippen LogP contribution in [-0.4, -0.2) is 149 Å². The van der Waals surface area contributed by atoms with E-state index in [1.165, 1.54) is 24.3 Å². The summed E-state index contributed by atoms with van der Waals surface area (Å²) < 4.78 is 0. The molecule has 2 aromatic carbocycles. The lowest BCUT2D eigenvalue weighted by molar-refractivity contribution is -0.139. The topological polar surface area (TPSA) is 356 Å². The van der Waals surface area contributed by atoms with Gasteiger partial charge in [0, 0.05) is 25.4 Å². The molecule has 22 nitrogen and oxygen atoms in total. The van der Waals surface area contributed by atoms with Crippen molar-refractivity contribution in [2.75, 3.05) is 26.2 Å². The zero-order chi connectivity index (χ0) is 42.1. The molecule has 3 heterocycles. The predicted molar refractivity (Wildman–Crippen MR) is 205 cm³/mol. The maximum atomic E-state index is 14.3. The van der Waals surface area contributed by atoms with Gasteiger partial charge >= 0.3 is 0 Å². The smallest absolute Gasteiger partial charge is 0.246 e. The van der Waals surface area contributed by atoms with E-state index in [0.717, 1.165) is 0 Å². The molecular weight excluding hydrogens is 760 g/mol. The summed E-state index contributed by atoms with van der Waals surface area (Å²) in [6, 6.07) is 3.64. The number of guanidine groups is 2. The lowest BCUT2D eigenvalue weighted by Crippen LogP contribution is -2.66. The Kier molecular flexibility index (Phi) is 14.0. The second-order valence-electron chi connectivity index (χ2n) is 14.0. The number of aliphatic imine (C=N–C) groups is 2. The molecule has 5 rings (SSSR count). The Morgan fingerprint density at radius 2 is 1.17 bits per heavy atom. The van der Waals surface area contributed by atoms with Crippen molar-refractivity contribution in [1.29, 1.82) is 0 Å². The molecule has 1 fully saturated rings. The number of benzene rings is 2. The molecule has 0 radical (unpaired) electrons. The van der Waals surface area contributed by atoms with E-state index in [0.29, 0.717) is 11.1 Å². The summed E-state index contributed by atoms with van der Waals surface area (Å²) in [7, 11) is 0. The summed E-state index contributed by atoms with van der Waals surface area (Å²) in [6.07, 6.45) is -3.90. The van der Waals surface area contributed by atoms with Gasteiger partial charge in [-0.2, -0.15) is 0 Å². The summed E-state index contributed by atoms with van der Waals surface area (Å²) in [4.78, 5) is 91.3. The quantitative estimate of drug-likeness (QED) is 0.112. The van der Waals surface area contributed by atoms with Gasteiger partial charge in [-0.15, -0.1) is 0 Å². The number of phenols is 1. The van der Waals surface area contributed by atoms with E-state index in [1.54, 1.807) is 37.3 Å². The summed E-state index contributed by atoms with van der Waals surface area (Å²) in [6.45, 7) is -0.196. The van der Waals surface area contributed by atoms with Gasteiger partial charge in [-0.1, -0.05) is 49.4 Å². The Hall–Kier alpha value is -6.52. The normalized spacial score (nSPS) is 27.9. The molecule has 0 aliphatic carbocycles. The van der Waals surface area contributed by atoms with Crippen molar-refractivity contribution in [1.82, 2.24) is 42.5 Å². The highest BCUT2D eigenvalue weighted by Gasteiger charge is 2.43. The van der Waals surface area contributed by atoms with Crippen LogP contribution in [0.15, 0.2) is 64.6 Å². The highest BCUT2D eigenvalue weighted by atomic mass is 16.3.